The van der Waals surface area contributed by atoms with Crippen LogP contribution in [0.1, 0.15) is 44.9 Å². The molecule has 0 bridgehead atoms. The van der Waals surface area contributed by atoms with Gasteiger partial charge in [0.25, 0.3) is 0 Å². The molecule has 1 aliphatic heterocycles. The van der Waals surface area contributed by atoms with Gasteiger partial charge >= 0.3 is 0 Å². The molecule has 19 heavy (non-hydrogen) atoms. The van der Waals surface area contributed by atoms with Crippen LogP contribution in [0.4, 0.5) is 0 Å². The Labute approximate surface area is 117 Å². The molecule has 1 aliphatic carbocycles. The van der Waals surface area contributed by atoms with Gasteiger partial charge < -0.3 is 16.0 Å². The highest BCUT2D eigenvalue weighted by molar-refractivity contribution is 5.76. The quantitative estimate of drug-likeness (QED) is 0.808. The molecular weight excluding hydrogens is 238 g/mol. The van der Waals surface area contributed by atoms with Crippen molar-refractivity contribution < 1.29 is 4.79 Å². The van der Waals surface area contributed by atoms with Crippen molar-refractivity contribution in [2.75, 3.05) is 26.7 Å². The van der Waals surface area contributed by atoms with Crippen molar-refractivity contribution in [3.8, 4) is 0 Å². The fourth-order valence-electron chi connectivity index (χ4n) is 3.50. The summed E-state index contributed by atoms with van der Waals surface area (Å²) in [4.78, 5) is 14.4. The van der Waals surface area contributed by atoms with Crippen molar-refractivity contribution >= 4 is 5.91 Å². The first-order valence-electron chi connectivity index (χ1n) is 7.86. The van der Waals surface area contributed by atoms with E-state index in [2.05, 4.69) is 17.3 Å². The average molecular weight is 267 g/mol. The number of hydrogen-bond acceptors (Lipinski definition) is 3. The van der Waals surface area contributed by atoms with Crippen LogP contribution in [0.15, 0.2) is 0 Å². The van der Waals surface area contributed by atoms with Crippen LogP contribution in [0.5, 0.6) is 0 Å². The molecule has 2 rings (SSSR count). The molecule has 0 aromatic heterocycles. The van der Waals surface area contributed by atoms with Crippen LogP contribution < -0.4 is 11.1 Å². The number of rotatable bonds is 4. The summed E-state index contributed by atoms with van der Waals surface area (Å²) in [5, 5.41) is 3.12. The second-order valence-electron chi connectivity index (χ2n) is 6.49. The second kappa shape index (κ2) is 7.25. The summed E-state index contributed by atoms with van der Waals surface area (Å²) in [7, 11) is 2.16. The Morgan fingerprint density at radius 3 is 2.79 bits per heavy atom. The molecule has 1 saturated heterocycles. The zero-order valence-electron chi connectivity index (χ0n) is 12.2. The standard InChI is InChI=1S/C15H29N3O/c1-18-8-4-5-12(11-18)10-17-15(19)9-13-6-2-3-7-14(13)16/h12-14H,2-11,16H2,1H3,(H,17,19). The van der Waals surface area contributed by atoms with E-state index in [-0.39, 0.29) is 11.9 Å². The van der Waals surface area contributed by atoms with Crippen molar-refractivity contribution in [2.45, 2.75) is 51.0 Å². The topological polar surface area (TPSA) is 58.4 Å². The van der Waals surface area contributed by atoms with Gasteiger partial charge in [0, 0.05) is 25.6 Å². The first-order chi connectivity index (χ1) is 9.15. The van der Waals surface area contributed by atoms with Gasteiger partial charge in [-0.3, -0.25) is 4.79 Å². The average Bonchev–Trinajstić information content (AvgIpc) is 2.39. The van der Waals surface area contributed by atoms with Gasteiger partial charge in [-0.1, -0.05) is 12.8 Å². The van der Waals surface area contributed by atoms with Crippen LogP contribution >= 0.6 is 0 Å². The summed E-state index contributed by atoms with van der Waals surface area (Å²) in [6, 6.07) is 0.236. The molecule has 1 heterocycles. The first-order valence-corrected chi connectivity index (χ1v) is 7.86. The van der Waals surface area contributed by atoms with Gasteiger partial charge in [0.2, 0.25) is 5.91 Å². The Morgan fingerprint density at radius 2 is 2.05 bits per heavy atom. The number of amides is 1. The highest BCUT2D eigenvalue weighted by Gasteiger charge is 2.24. The van der Waals surface area contributed by atoms with Crippen molar-refractivity contribution in [1.82, 2.24) is 10.2 Å². The second-order valence-corrected chi connectivity index (χ2v) is 6.49. The number of nitrogens with one attached hydrogen (secondary N) is 1. The lowest BCUT2D eigenvalue weighted by Gasteiger charge is -2.30. The zero-order chi connectivity index (χ0) is 13.7. The Balaban J connectivity index is 1.66. The minimum absolute atomic E-state index is 0.204. The van der Waals surface area contributed by atoms with Crippen molar-refractivity contribution in [2.24, 2.45) is 17.6 Å². The molecule has 0 radical (unpaired) electrons. The maximum atomic E-state index is 12.0. The van der Waals surface area contributed by atoms with E-state index < -0.39 is 0 Å². The molecule has 110 valence electrons. The third-order valence-electron chi connectivity index (χ3n) is 4.73. The van der Waals surface area contributed by atoms with Crippen LogP contribution in [0.25, 0.3) is 0 Å². The van der Waals surface area contributed by atoms with Crippen molar-refractivity contribution in [3.05, 3.63) is 0 Å². The summed E-state index contributed by atoms with van der Waals surface area (Å²) >= 11 is 0. The summed E-state index contributed by atoms with van der Waals surface area (Å²) in [5.74, 6) is 1.24. The summed E-state index contributed by atoms with van der Waals surface area (Å²) < 4.78 is 0. The Bertz CT molecular complexity index is 295. The van der Waals surface area contributed by atoms with Gasteiger partial charge in [0.05, 0.1) is 0 Å². The molecule has 0 aromatic rings. The summed E-state index contributed by atoms with van der Waals surface area (Å²) in [6.45, 7) is 3.15. The van der Waals surface area contributed by atoms with E-state index in [1.165, 1.54) is 32.2 Å². The fraction of sp³-hybridized carbons (Fsp3) is 0.933. The number of piperidine rings is 1. The van der Waals surface area contributed by atoms with E-state index in [1.54, 1.807) is 0 Å². The fourth-order valence-corrected chi connectivity index (χ4v) is 3.50. The van der Waals surface area contributed by atoms with E-state index in [4.69, 9.17) is 5.73 Å². The molecular formula is C15H29N3O. The Hall–Kier alpha value is -0.610. The van der Waals surface area contributed by atoms with Gasteiger partial charge in [-0.05, 0) is 51.1 Å². The van der Waals surface area contributed by atoms with Gasteiger partial charge in [-0.25, -0.2) is 0 Å². The lowest BCUT2D eigenvalue weighted by atomic mass is 9.83. The van der Waals surface area contributed by atoms with E-state index in [9.17, 15) is 4.79 Å². The summed E-state index contributed by atoms with van der Waals surface area (Å²) in [5.41, 5.74) is 6.10. The number of likely N-dealkylation sites (tertiary alicyclic amines) is 1. The number of nitrogens with two attached hydrogens (primary N) is 1. The first kappa shape index (κ1) is 14.8. The lowest BCUT2D eigenvalue weighted by Crippen LogP contribution is -2.41. The Kier molecular flexibility index (Phi) is 5.64. The minimum atomic E-state index is 0.204. The number of carbonyl (C=O) groups excluding carboxylic acids is 1. The highest BCUT2D eigenvalue weighted by Crippen LogP contribution is 2.25. The van der Waals surface area contributed by atoms with E-state index in [1.807, 2.05) is 0 Å². The largest absolute Gasteiger partial charge is 0.356 e. The molecule has 0 aromatic carbocycles. The van der Waals surface area contributed by atoms with Crippen LogP contribution in [-0.4, -0.2) is 43.5 Å². The Morgan fingerprint density at radius 1 is 1.26 bits per heavy atom. The van der Waals surface area contributed by atoms with Gasteiger partial charge in [0.15, 0.2) is 0 Å². The monoisotopic (exact) mass is 267 g/mol. The predicted octanol–water partition coefficient (Wildman–Crippen LogP) is 1.35. The third-order valence-corrected chi connectivity index (χ3v) is 4.73. The van der Waals surface area contributed by atoms with Gasteiger partial charge in [-0.2, -0.15) is 0 Å². The number of carbonyl (C=O) groups is 1. The minimum Gasteiger partial charge on any atom is -0.356 e. The van der Waals surface area contributed by atoms with Crippen molar-refractivity contribution in [3.63, 3.8) is 0 Å². The maximum Gasteiger partial charge on any atom is 0.220 e. The molecule has 4 nitrogen and oxygen atoms in total. The maximum absolute atomic E-state index is 12.0. The normalized spacial score (nSPS) is 33.1. The lowest BCUT2D eigenvalue weighted by molar-refractivity contribution is -0.122. The molecule has 2 fully saturated rings. The highest BCUT2D eigenvalue weighted by atomic mass is 16.1. The molecule has 2 aliphatic rings. The molecule has 3 unspecified atom stereocenters. The summed E-state index contributed by atoms with van der Waals surface area (Å²) in [6.07, 6.45) is 7.81. The number of nitrogens with zero attached hydrogens (tertiary/aromatic N) is 1. The zero-order valence-corrected chi connectivity index (χ0v) is 12.2. The predicted molar refractivity (Wildman–Crippen MR) is 77.8 cm³/mol. The molecule has 1 amide bonds. The molecule has 4 heteroatoms. The van der Waals surface area contributed by atoms with Gasteiger partial charge in [0.1, 0.15) is 0 Å². The van der Waals surface area contributed by atoms with E-state index in [0.29, 0.717) is 18.3 Å². The third kappa shape index (κ3) is 4.77. The van der Waals surface area contributed by atoms with Crippen molar-refractivity contribution in [1.29, 1.82) is 0 Å². The van der Waals surface area contributed by atoms with Crippen LogP contribution in [0.3, 0.4) is 0 Å². The van der Waals surface area contributed by atoms with E-state index in [0.717, 1.165) is 25.9 Å². The van der Waals surface area contributed by atoms with Crippen LogP contribution in [0.2, 0.25) is 0 Å². The molecule has 3 N–H and O–H groups in total. The molecule has 3 atom stereocenters. The van der Waals surface area contributed by atoms with Crippen LogP contribution in [0, 0.1) is 11.8 Å². The van der Waals surface area contributed by atoms with E-state index >= 15 is 0 Å². The number of hydrogen-bond donors (Lipinski definition) is 2. The molecule has 0 spiro atoms. The SMILES string of the molecule is CN1CCCC(CNC(=O)CC2CCCCC2N)C1. The van der Waals surface area contributed by atoms with Crippen LogP contribution in [-0.2, 0) is 4.79 Å². The smallest absolute Gasteiger partial charge is 0.220 e. The molecule has 1 saturated carbocycles. The van der Waals surface area contributed by atoms with Gasteiger partial charge in [-0.15, -0.1) is 0 Å².